The maximum absolute atomic E-state index is 13.7. The highest BCUT2D eigenvalue weighted by Crippen LogP contribution is 2.37. The quantitative estimate of drug-likeness (QED) is 0.624. The maximum Gasteiger partial charge on any atom is 0.418 e. The molecule has 2 N–H and O–H groups in total. The lowest BCUT2D eigenvalue weighted by molar-refractivity contribution is -0.137. The molecule has 2 aromatic rings. The number of nitrogens with one attached hydrogen (secondary N) is 2. The van der Waals surface area contributed by atoms with Crippen LogP contribution < -0.4 is 10.6 Å². The molecule has 4 amide bonds. The van der Waals surface area contributed by atoms with Gasteiger partial charge in [0.1, 0.15) is 5.82 Å². The van der Waals surface area contributed by atoms with E-state index in [2.05, 4.69) is 10.6 Å². The predicted molar refractivity (Wildman–Crippen MR) is 122 cm³/mol. The van der Waals surface area contributed by atoms with E-state index >= 15 is 0 Å². The van der Waals surface area contributed by atoms with Crippen LogP contribution >= 0.6 is 0 Å². The zero-order valence-corrected chi connectivity index (χ0v) is 19.2. The van der Waals surface area contributed by atoms with Gasteiger partial charge in [0.15, 0.2) is 0 Å². The van der Waals surface area contributed by atoms with Crippen molar-refractivity contribution in [2.75, 3.05) is 57.5 Å². The third-order valence-electron chi connectivity index (χ3n) is 5.45. The van der Waals surface area contributed by atoms with Crippen LogP contribution in [0.25, 0.3) is 0 Å². The maximum atomic E-state index is 13.7. The number of nitrogens with zero attached hydrogens (tertiary/aromatic N) is 3. The van der Waals surface area contributed by atoms with Gasteiger partial charge in [0.2, 0.25) is 5.91 Å². The molecule has 1 saturated heterocycles. The second kappa shape index (κ2) is 10.7. The van der Waals surface area contributed by atoms with Crippen molar-refractivity contribution in [1.29, 1.82) is 0 Å². The Bertz CT molecular complexity index is 1080. The van der Waals surface area contributed by atoms with Crippen LogP contribution in [0.5, 0.6) is 0 Å². The number of carbonyl (C=O) groups excluding carboxylic acids is 3. The average Bonchev–Trinajstić information content (AvgIpc) is 2.80. The molecule has 0 unspecified atom stereocenters. The molecule has 2 aromatic carbocycles. The second-order valence-electron chi connectivity index (χ2n) is 8.20. The second-order valence-corrected chi connectivity index (χ2v) is 8.20. The van der Waals surface area contributed by atoms with Crippen LogP contribution in [0.15, 0.2) is 42.5 Å². The van der Waals surface area contributed by atoms with Crippen molar-refractivity contribution >= 4 is 29.2 Å². The summed E-state index contributed by atoms with van der Waals surface area (Å²) in [4.78, 5) is 41.4. The van der Waals surface area contributed by atoms with Crippen molar-refractivity contribution in [2.24, 2.45) is 0 Å². The van der Waals surface area contributed by atoms with Gasteiger partial charge < -0.3 is 20.4 Å². The molecule has 0 radical (unpaired) electrons. The van der Waals surface area contributed by atoms with Crippen molar-refractivity contribution in [3.63, 3.8) is 0 Å². The van der Waals surface area contributed by atoms with Crippen molar-refractivity contribution in [1.82, 2.24) is 14.7 Å². The third-order valence-corrected chi connectivity index (χ3v) is 5.45. The number of piperazine rings is 1. The Hall–Kier alpha value is -3.67. The van der Waals surface area contributed by atoms with E-state index in [4.69, 9.17) is 0 Å². The molecule has 0 aromatic heterocycles. The molecule has 1 aliphatic heterocycles. The summed E-state index contributed by atoms with van der Waals surface area (Å²) < 4.78 is 54.1. The van der Waals surface area contributed by atoms with Crippen molar-refractivity contribution in [2.45, 2.75) is 6.18 Å². The number of alkyl halides is 3. The smallest absolute Gasteiger partial charge is 0.348 e. The summed E-state index contributed by atoms with van der Waals surface area (Å²) in [6.07, 6.45) is -4.80. The fraction of sp³-hybridized carbons (Fsp3) is 0.348. The molecule has 8 nitrogen and oxygen atoms in total. The number of anilines is 2. The molecule has 1 heterocycles. The number of halogens is 4. The highest BCUT2D eigenvalue weighted by Gasteiger charge is 2.35. The van der Waals surface area contributed by atoms with Crippen molar-refractivity contribution < 1.29 is 31.9 Å². The molecule has 1 aliphatic rings. The van der Waals surface area contributed by atoms with Crippen LogP contribution in [0, 0.1) is 5.82 Å². The van der Waals surface area contributed by atoms with Gasteiger partial charge in [-0.1, -0.05) is 0 Å². The van der Waals surface area contributed by atoms with Gasteiger partial charge in [0.05, 0.1) is 17.8 Å². The molecule has 0 saturated carbocycles. The van der Waals surface area contributed by atoms with E-state index in [-0.39, 0.29) is 36.8 Å². The molecule has 0 aliphatic carbocycles. The first-order valence-electron chi connectivity index (χ1n) is 10.7. The van der Waals surface area contributed by atoms with Crippen LogP contribution in [0.1, 0.15) is 15.9 Å². The molecular formula is C23H25F4N5O3. The zero-order valence-electron chi connectivity index (χ0n) is 19.2. The summed E-state index contributed by atoms with van der Waals surface area (Å²) in [5, 5.41) is 4.64. The topological polar surface area (TPSA) is 85.0 Å². The van der Waals surface area contributed by atoms with Gasteiger partial charge in [0.25, 0.3) is 5.91 Å². The Morgan fingerprint density at radius 3 is 2.14 bits per heavy atom. The first-order valence-corrected chi connectivity index (χ1v) is 10.7. The van der Waals surface area contributed by atoms with E-state index in [1.807, 2.05) is 4.90 Å². The average molecular weight is 495 g/mol. The number of likely N-dealkylation sites (N-methyl/N-ethyl adjacent to an activating group) is 1. The highest BCUT2D eigenvalue weighted by atomic mass is 19.4. The Kier molecular flexibility index (Phi) is 7.95. The van der Waals surface area contributed by atoms with E-state index in [1.54, 1.807) is 14.1 Å². The van der Waals surface area contributed by atoms with Crippen LogP contribution in [-0.4, -0.2) is 79.4 Å². The minimum atomic E-state index is -4.80. The fourth-order valence-electron chi connectivity index (χ4n) is 3.41. The lowest BCUT2D eigenvalue weighted by Crippen LogP contribution is -2.52. The summed E-state index contributed by atoms with van der Waals surface area (Å²) in [7, 11) is 3.29. The van der Waals surface area contributed by atoms with Gasteiger partial charge in [-0.15, -0.1) is 0 Å². The van der Waals surface area contributed by atoms with E-state index in [0.717, 1.165) is 24.3 Å². The van der Waals surface area contributed by atoms with Gasteiger partial charge in [-0.2, -0.15) is 13.2 Å². The largest absolute Gasteiger partial charge is 0.418 e. The highest BCUT2D eigenvalue weighted by molar-refractivity contribution is 6.04. The van der Waals surface area contributed by atoms with Gasteiger partial charge in [-0.05, 0) is 42.5 Å². The minimum Gasteiger partial charge on any atom is -0.348 e. The van der Waals surface area contributed by atoms with Crippen LogP contribution in [-0.2, 0) is 11.0 Å². The third kappa shape index (κ3) is 6.92. The Morgan fingerprint density at radius 1 is 0.943 bits per heavy atom. The molecular weight excluding hydrogens is 470 g/mol. The number of urea groups is 1. The van der Waals surface area contributed by atoms with Crippen molar-refractivity contribution in [3.05, 3.63) is 59.4 Å². The fourth-order valence-corrected chi connectivity index (χ4v) is 3.41. The van der Waals surface area contributed by atoms with Gasteiger partial charge >= 0.3 is 12.2 Å². The summed E-state index contributed by atoms with van der Waals surface area (Å²) in [6.45, 7) is 1.52. The minimum absolute atomic E-state index is 0.0729. The number of hydrogen-bond donors (Lipinski definition) is 2. The molecule has 1 fully saturated rings. The monoisotopic (exact) mass is 495 g/mol. The first kappa shape index (κ1) is 25.9. The molecule has 3 rings (SSSR count). The number of hydrogen-bond acceptors (Lipinski definition) is 4. The SMILES string of the molecule is CN(C)C(=O)CN1CCN(C(=O)Nc2ccc(NC(=O)c3ccc(F)cc3)cc2C(F)(F)F)CC1. The number of benzene rings is 2. The van der Waals surface area contributed by atoms with E-state index in [1.165, 1.54) is 28.0 Å². The number of rotatable bonds is 5. The molecule has 35 heavy (non-hydrogen) atoms. The number of amides is 4. The normalized spacial score (nSPS) is 14.4. The molecule has 0 atom stereocenters. The van der Waals surface area contributed by atoms with Crippen LogP contribution in [0.3, 0.4) is 0 Å². The molecule has 0 bridgehead atoms. The van der Waals surface area contributed by atoms with E-state index in [0.29, 0.717) is 13.1 Å². The number of carbonyl (C=O) groups is 3. The van der Waals surface area contributed by atoms with Crippen LogP contribution in [0.2, 0.25) is 0 Å². The Labute approximate surface area is 199 Å². The summed E-state index contributed by atoms with van der Waals surface area (Å²) in [5.74, 6) is -1.34. The first-order chi connectivity index (χ1) is 16.4. The van der Waals surface area contributed by atoms with E-state index < -0.39 is 35.2 Å². The standard InChI is InChI=1S/C23H25F4N5O3/c1-30(2)20(33)14-31-9-11-32(12-10-31)22(35)29-19-8-7-17(13-18(19)23(25,26)27)28-21(34)15-3-5-16(24)6-4-15/h3-8,13H,9-12,14H2,1-2H3,(H,28,34)(H,29,35). The van der Waals surface area contributed by atoms with Gasteiger partial charge in [0, 0.05) is 51.5 Å². The molecule has 12 heteroatoms. The molecule has 0 spiro atoms. The summed E-state index contributed by atoms with van der Waals surface area (Å²) in [5.41, 5.74) is -1.64. The van der Waals surface area contributed by atoms with Gasteiger partial charge in [-0.25, -0.2) is 9.18 Å². The van der Waals surface area contributed by atoms with Crippen LogP contribution in [0.4, 0.5) is 33.7 Å². The predicted octanol–water partition coefficient (Wildman–Crippen LogP) is 3.33. The Balaban J connectivity index is 1.67. The van der Waals surface area contributed by atoms with Gasteiger partial charge in [-0.3, -0.25) is 14.5 Å². The van der Waals surface area contributed by atoms with E-state index in [9.17, 15) is 31.9 Å². The summed E-state index contributed by atoms with van der Waals surface area (Å²) in [6, 6.07) is 6.87. The lowest BCUT2D eigenvalue weighted by Gasteiger charge is -2.34. The zero-order chi connectivity index (χ0) is 25.8. The molecule has 188 valence electrons. The lowest BCUT2D eigenvalue weighted by atomic mass is 10.1. The van der Waals surface area contributed by atoms with Crippen molar-refractivity contribution in [3.8, 4) is 0 Å². The summed E-state index contributed by atoms with van der Waals surface area (Å²) >= 11 is 0. The Morgan fingerprint density at radius 2 is 1.57 bits per heavy atom.